The lowest BCUT2D eigenvalue weighted by Gasteiger charge is -2.25. The van der Waals surface area contributed by atoms with Crippen molar-refractivity contribution < 1.29 is 4.74 Å². The van der Waals surface area contributed by atoms with Crippen LogP contribution in [0.4, 0.5) is 0 Å². The normalized spacial score (nSPS) is 16.1. The Morgan fingerprint density at radius 1 is 1.46 bits per heavy atom. The second-order valence-corrected chi connectivity index (χ2v) is 4.31. The average molecular weight is 199 g/mol. The molecule has 1 rings (SSSR count). The Hall–Kier alpha value is -0.380. The van der Waals surface area contributed by atoms with E-state index in [0.29, 0.717) is 5.92 Å². The van der Waals surface area contributed by atoms with Crippen molar-refractivity contribution in [3.63, 3.8) is 0 Å². The number of hydrogen-bond acceptors (Lipinski definition) is 3. The first-order valence-corrected chi connectivity index (χ1v) is 5.41. The Balaban J connectivity index is 2.70. The Morgan fingerprint density at radius 3 is 2.54 bits per heavy atom. The van der Waals surface area contributed by atoms with E-state index in [1.165, 1.54) is 5.56 Å². The molecule has 0 aliphatic rings. The van der Waals surface area contributed by atoms with Gasteiger partial charge in [0.2, 0.25) is 0 Å². The molecule has 0 fully saturated rings. The maximum Gasteiger partial charge on any atom is 0.0786 e. The summed E-state index contributed by atoms with van der Waals surface area (Å²) in [6.45, 7) is 4.25. The summed E-state index contributed by atoms with van der Waals surface area (Å²) < 4.78 is 5.38. The van der Waals surface area contributed by atoms with E-state index >= 15 is 0 Å². The van der Waals surface area contributed by atoms with E-state index in [0.717, 1.165) is 0 Å². The SMILES string of the molecule is COC(C(C)C)C(N)c1ccsc1. The highest BCUT2D eigenvalue weighted by molar-refractivity contribution is 7.07. The van der Waals surface area contributed by atoms with Crippen LogP contribution < -0.4 is 5.73 Å². The molecule has 13 heavy (non-hydrogen) atoms. The van der Waals surface area contributed by atoms with Crippen LogP contribution in [0.1, 0.15) is 25.5 Å². The lowest BCUT2D eigenvalue weighted by molar-refractivity contribution is 0.0438. The zero-order valence-electron chi connectivity index (χ0n) is 8.36. The zero-order chi connectivity index (χ0) is 9.84. The van der Waals surface area contributed by atoms with Gasteiger partial charge in [-0.1, -0.05) is 13.8 Å². The van der Waals surface area contributed by atoms with Crippen molar-refractivity contribution in [1.82, 2.24) is 0 Å². The van der Waals surface area contributed by atoms with Gasteiger partial charge in [-0.15, -0.1) is 0 Å². The van der Waals surface area contributed by atoms with Gasteiger partial charge < -0.3 is 10.5 Å². The summed E-state index contributed by atoms with van der Waals surface area (Å²) in [5, 5.41) is 4.13. The number of methoxy groups -OCH3 is 1. The quantitative estimate of drug-likeness (QED) is 0.808. The summed E-state index contributed by atoms with van der Waals surface area (Å²) in [6.07, 6.45) is 0.106. The van der Waals surface area contributed by atoms with Crippen LogP contribution in [-0.4, -0.2) is 13.2 Å². The van der Waals surface area contributed by atoms with Crippen molar-refractivity contribution in [3.8, 4) is 0 Å². The third kappa shape index (κ3) is 2.53. The smallest absolute Gasteiger partial charge is 0.0786 e. The monoisotopic (exact) mass is 199 g/mol. The highest BCUT2D eigenvalue weighted by Gasteiger charge is 2.22. The van der Waals surface area contributed by atoms with Crippen molar-refractivity contribution in [2.24, 2.45) is 11.7 Å². The summed E-state index contributed by atoms with van der Waals surface area (Å²) in [6, 6.07) is 2.06. The fraction of sp³-hybridized carbons (Fsp3) is 0.600. The van der Waals surface area contributed by atoms with E-state index in [1.807, 2.05) is 5.38 Å². The number of ether oxygens (including phenoxy) is 1. The molecule has 0 aliphatic carbocycles. The molecule has 0 aromatic carbocycles. The summed E-state index contributed by atoms with van der Waals surface area (Å²) >= 11 is 1.67. The first-order chi connectivity index (χ1) is 6.16. The molecule has 3 heteroatoms. The van der Waals surface area contributed by atoms with E-state index in [2.05, 4.69) is 25.3 Å². The van der Waals surface area contributed by atoms with Gasteiger partial charge in [0.1, 0.15) is 0 Å². The molecule has 2 unspecified atom stereocenters. The molecule has 0 saturated heterocycles. The molecule has 0 spiro atoms. The lowest BCUT2D eigenvalue weighted by atomic mass is 9.96. The topological polar surface area (TPSA) is 35.2 Å². The highest BCUT2D eigenvalue weighted by Crippen LogP contribution is 2.23. The van der Waals surface area contributed by atoms with E-state index in [4.69, 9.17) is 10.5 Å². The fourth-order valence-corrected chi connectivity index (χ4v) is 2.19. The van der Waals surface area contributed by atoms with Gasteiger partial charge in [-0.2, -0.15) is 11.3 Å². The molecule has 74 valence electrons. The second kappa shape index (κ2) is 4.74. The molecular formula is C10H17NOS. The molecule has 2 atom stereocenters. The number of hydrogen-bond donors (Lipinski definition) is 1. The lowest BCUT2D eigenvalue weighted by Crippen LogP contribution is -2.32. The molecule has 1 heterocycles. The van der Waals surface area contributed by atoms with E-state index in [-0.39, 0.29) is 12.1 Å². The van der Waals surface area contributed by atoms with Crippen molar-refractivity contribution in [2.75, 3.05) is 7.11 Å². The molecule has 0 amide bonds. The molecule has 0 bridgehead atoms. The van der Waals surface area contributed by atoms with Crippen LogP contribution in [-0.2, 0) is 4.74 Å². The minimum atomic E-state index is -0.00347. The van der Waals surface area contributed by atoms with E-state index in [9.17, 15) is 0 Å². The predicted octanol–water partition coefficient (Wildman–Crippen LogP) is 2.42. The van der Waals surface area contributed by atoms with Gasteiger partial charge in [-0.25, -0.2) is 0 Å². The third-order valence-electron chi connectivity index (χ3n) is 2.21. The Morgan fingerprint density at radius 2 is 2.15 bits per heavy atom. The largest absolute Gasteiger partial charge is 0.379 e. The van der Waals surface area contributed by atoms with Crippen molar-refractivity contribution >= 4 is 11.3 Å². The maximum atomic E-state index is 6.08. The summed E-state index contributed by atoms with van der Waals surface area (Å²) in [4.78, 5) is 0. The minimum absolute atomic E-state index is 0.00347. The van der Waals surface area contributed by atoms with Crippen molar-refractivity contribution in [1.29, 1.82) is 0 Å². The Labute approximate surface area is 83.7 Å². The van der Waals surface area contributed by atoms with Gasteiger partial charge in [0.05, 0.1) is 12.1 Å². The average Bonchev–Trinajstić information content (AvgIpc) is 2.56. The molecular weight excluding hydrogens is 182 g/mol. The van der Waals surface area contributed by atoms with Crippen LogP contribution in [0.25, 0.3) is 0 Å². The summed E-state index contributed by atoms with van der Waals surface area (Å²) in [5.41, 5.74) is 7.25. The molecule has 0 aliphatic heterocycles. The van der Waals surface area contributed by atoms with E-state index in [1.54, 1.807) is 18.4 Å². The van der Waals surface area contributed by atoms with Gasteiger partial charge in [-0.05, 0) is 28.3 Å². The van der Waals surface area contributed by atoms with Crippen molar-refractivity contribution in [3.05, 3.63) is 22.4 Å². The molecule has 2 N–H and O–H groups in total. The predicted molar refractivity (Wildman–Crippen MR) is 56.9 cm³/mol. The standard InChI is InChI=1S/C10H17NOS/c1-7(2)10(12-3)9(11)8-4-5-13-6-8/h4-7,9-10H,11H2,1-3H3. The van der Waals surface area contributed by atoms with Crippen LogP contribution in [0.15, 0.2) is 16.8 Å². The molecule has 1 aromatic rings. The van der Waals surface area contributed by atoms with Crippen molar-refractivity contribution in [2.45, 2.75) is 26.0 Å². The first-order valence-electron chi connectivity index (χ1n) is 4.47. The minimum Gasteiger partial charge on any atom is -0.379 e. The second-order valence-electron chi connectivity index (χ2n) is 3.53. The maximum absolute atomic E-state index is 6.08. The number of rotatable bonds is 4. The fourth-order valence-electron chi connectivity index (χ4n) is 1.49. The number of nitrogens with two attached hydrogens (primary N) is 1. The van der Waals surface area contributed by atoms with Gasteiger partial charge in [0, 0.05) is 7.11 Å². The van der Waals surface area contributed by atoms with Crippen LogP contribution in [0.2, 0.25) is 0 Å². The zero-order valence-corrected chi connectivity index (χ0v) is 9.17. The molecule has 2 nitrogen and oxygen atoms in total. The first kappa shape index (κ1) is 10.7. The highest BCUT2D eigenvalue weighted by atomic mass is 32.1. The van der Waals surface area contributed by atoms with E-state index < -0.39 is 0 Å². The number of thiophene rings is 1. The molecule has 0 radical (unpaired) electrons. The van der Waals surface area contributed by atoms with Gasteiger partial charge in [0.25, 0.3) is 0 Å². The van der Waals surface area contributed by atoms with Crippen LogP contribution in [0.5, 0.6) is 0 Å². The summed E-state index contributed by atoms with van der Waals surface area (Å²) in [5.74, 6) is 0.444. The Kier molecular flexibility index (Phi) is 3.90. The molecule has 0 saturated carbocycles. The van der Waals surface area contributed by atoms with Crippen LogP contribution in [0, 0.1) is 5.92 Å². The van der Waals surface area contributed by atoms with Crippen LogP contribution >= 0.6 is 11.3 Å². The Bertz CT molecular complexity index is 233. The molecule has 1 aromatic heterocycles. The van der Waals surface area contributed by atoms with Gasteiger partial charge in [0.15, 0.2) is 0 Å². The van der Waals surface area contributed by atoms with Gasteiger partial charge >= 0.3 is 0 Å². The van der Waals surface area contributed by atoms with Crippen LogP contribution in [0.3, 0.4) is 0 Å². The van der Waals surface area contributed by atoms with Gasteiger partial charge in [-0.3, -0.25) is 0 Å². The summed E-state index contributed by atoms with van der Waals surface area (Å²) in [7, 11) is 1.72. The third-order valence-corrected chi connectivity index (χ3v) is 2.91.